The number of halogens is 3. The van der Waals surface area contributed by atoms with Gasteiger partial charge < -0.3 is 9.47 Å². The van der Waals surface area contributed by atoms with Crippen LogP contribution in [0.2, 0.25) is 5.02 Å². The van der Waals surface area contributed by atoms with E-state index in [0.29, 0.717) is 35.8 Å². The number of carbonyl (C=O) groups excluding carboxylic acids is 2. The van der Waals surface area contributed by atoms with Gasteiger partial charge in [-0.3, -0.25) is 14.5 Å². The van der Waals surface area contributed by atoms with Gasteiger partial charge in [-0.25, -0.2) is 4.39 Å². The van der Waals surface area contributed by atoms with E-state index in [9.17, 15) is 14.0 Å². The van der Waals surface area contributed by atoms with Gasteiger partial charge in [0, 0.05) is 9.50 Å². The zero-order valence-electron chi connectivity index (χ0n) is 18.6. The lowest BCUT2D eigenvalue weighted by Gasteiger charge is -2.14. The largest absolute Gasteiger partial charge is 0.490 e. The van der Waals surface area contributed by atoms with Gasteiger partial charge >= 0.3 is 0 Å². The number of hydrogen-bond donors (Lipinski definition) is 0. The highest BCUT2D eigenvalue weighted by Gasteiger charge is 2.35. The number of ether oxygens (including phenoxy) is 2. The summed E-state index contributed by atoms with van der Waals surface area (Å²) in [5, 5.41) is -0.255. The molecule has 3 aromatic rings. The van der Waals surface area contributed by atoms with Gasteiger partial charge in [0.2, 0.25) is 0 Å². The maximum Gasteiger partial charge on any atom is 0.293 e. The summed E-state index contributed by atoms with van der Waals surface area (Å²) in [5.74, 6) is 0.192. The molecule has 0 saturated carbocycles. The standard InChI is InChI=1S/C26H20BrClFNO4S/c1-2-33-23-11-17(5-10-22(23)34-15-16-3-7-19(27)8-4-16)12-24-25(31)30(26(32)35-24)14-18-6-9-20(29)13-21(18)28/h3-13H,2,14-15H2,1H3/b24-12-. The molecule has 1 fully saturated rings. The van der Waals surface area contributed by atoms with Crippen LogP contribution in [0.1, 0.15) is 23.6 Å². The summed E-state index contributed by atoms with van der Waals surface area (Å²) >= 11 is 10.3. The summed E-state index contributed by atoms with van der Waals surface area (Å²) in [6, 6.07) is 17.0. The Bertz CT molecular complexity index is 1300. The van der Waals surface area contributed by atoms with Crippen molar-refractivity contribution in [3.8, 4) is 11.5 Å². The third kappa shape index (κ3) is 6.25. The van der Waals surface area contributed by atoms with E-state index in [-0.39, 0.29) is 16.5 Å². The molecule has 35 heavy (non-hydrogen) atoms. The van der Waals surface area contributed by atoms with E-state index < -0.39 is 17.0 Å². The number of rotatable bonds is 8. The lowest BCUT2D eigenvalue weighted by atomic mass is 10.1. The van der Waals surface area contributed by atoms with Gasteiger partial charge in [-0.15, -0.1) is 0 Å². The van der Waals surface area contributed by atoms with Crippen LogP contribution in [0.5, 0.6) is 11.5 Å². The van der Waals surface area contributed by atoms with E-state index in [0.717, 1.165) is 32.8 Å². The molecule has 5 nitrogen and oxygen atoms in total. The molecule has 0 unspecified atom stereocenters. The van der Waals surface area contributed by atoms with Crippen molar-refractivity contribution in [1.82, 2.24) is 4.90 Å². The first-order chi connectivity index (χ1) is 16.8. The van der Waals surface area contributed by atoms with Crippen molar-refractivity contribution in [2.75, 3.05) is 6.61 Å². The highest BCUT2D eigenvalue weighted by molar-refractivity contribution is 9.10. The summed E-state index contributed by atoms with van der Waals surface area (Å²) < 4.78 is 26.0. The molecule has 1 heterocycles. The number of carbonyl (C=O) groups is 2. The fourth-order valence-corrected chi connectivity index (χ4v) is 4.68. The van der Waals surface area contributed by atoms with Crippen molar-refractivity contribution < 1.29 is 23.5 Å². The Morgan fingerprint density at radius 1 is 1.03 bits per heavy atom. The number of thioether (sulfide) groups is 1. The predicted octanol–water partition coefficient (Wildman–Crippen LogP) is 7.46. The normalized spacial score (nSPS) is 14.6. The number of amides is 2. The lowest BCUT2D eigenvalue weighted by molar-refractivity contribution is -0.123. The molecule has 0 radical (unpaired) electrons. The molecule has 3 aromatic carbocycles. The molecule has 4 rings (SSSR count). The van der Waals surface area contributed by atoms with Gasteiger partial charge in [0.25, 0.3) is 11.1 Å². The quantitative estimate of drug-likeness (QED) is 0.261. The van der Waals surface area contributed by atoms with Crippen LogP contribution in [0.3, 0.4) is 0 Å². The van der Waals surface area contributed by atoms with Crippen LogP contribution >= 0.6 is 39.3 Å². The van der Waals surface area contributed by atoms with Crippen molar-refractivity contribution in [1.29, 1.82) is 0 Å². The van der Waals surface area contributed by atoms with Crippen LogP contribution < -0.4 is 9.47 Å². The monoisotopic (exact) mass is 575 g/mol. The summed E-state index contributed by atoms with van der Waals surface area (Å²) in [5.41, 5.74) is 2.19. The highest BCUT2D eigenvalue weighted by atomic mass is 79.9. The third-order valence-electron chi connectivity index (χ3n) is 5.09. The Labute approximate surface area is 220 Å². The molecule has 2 amide bonds. The zero-order valence-corrected chi connectivity index (χ0v) is 21.8. The molecular weight excluding hydrogens is 557 g/mol. The average Bonchev–Trinajstić information content (AvgIpc) is 3.08. The predicted molar refractivity (Wildman–Crippen MR) is 139 cm³/mol. The van der Waals surface area contributed by atoms with Crippen LogP contribution in [0.4, 0.5) is 9.18 Å². The Morgan fingerprint density at radius 2 is 1.80 bits per heavy atom. The average molecular weight is 577 g/mol. The SMILES string of the molecule is CCOc1cc(/C=C2\SC(=O)N(Cc3ccc(F)cc3Cl)C2=O)ccc1OCc1ccc(Br)cc1. The Hall–Kier alpha value is -2.81. The summed E-state index contributed by atoms with van der Waals surface area (Å²) in [7, 11) is 0. The molecule has 1 aliphatic rings. The zero-order chi connectivity index (χ0) is 24.9. The van der Waals surface area contributed by atoms with Crippen LogP contribution in [0.15, 0.2) is 70.0 Å². The molecule has 0 atom stereocenters. The summed E-state index contributed by atoms with van der Waals surface area (Å²) in [6.07, 6.45) is 1.64. The van der Waals surface area contributed by atoms with Crippen LogP contribution in [0.25, 0.3) is 6.08 Å². The maximum atomic E-state index is 13.3. The third-order valence-corrected chi connectivity index (χ3v) is 6.88. The fourth-order valence-electron chi connectivity index (χ4n) is 3.35. The molecule has 0 N–H and O–H groups in total. The van der Waals surface area contributed by atoms with Crippen molar-refractivity contribution in [2.45, 2.75) is 20.1 Å². The van der Waals surface area contributed by atoms with Gasteiger partial charge in [0.05, 0.1) is 18.1 Å². The molecule has 9 heteroatoms. The van der Waals surface area contributed by atoms with Gasteiger partial charge in [-0.1, -0.05) is 51.8 Å². The van der Waals surface area contributed by atoms with E-state index in [2.05, 4.69) is 15.9 Å². The first-order valence-corrected chi connectivity index (χ1v) is 12.7. The van der Waals surface area contributed by atoms with Crippen molar-refractivity contribution in [3.05, 3.63) is 97.6 Å². The second-order valence-electron chi connectivity index (χ2n) is 7.56. The highest BCUT2D eigenvalue weighted by Crippen LogP contribution is 2.36. The van der Waals surface area contributed by atoms with Gasteiger partial charge in [-0.05, 0) is 77.9 Å². The molecule has 0 bridgehead atoms. The molecule has 0 aromatic heterocycles. The smallest absolute Gasteiger partial charge is 0.293 e. The molecule has 180 valence electrons. The van der Waals surface area contributed by atoms with Crippen LogP contribution in [0, 0.1) is 5.82 Å². The van der Waals surface area contributed by atoms with Crippen LogP contribution in [-0.4, -0.2) is 22.7 Å². The number of nitrogens with zero attached hydrogens (tertiary/aromatic N) is 1. The van der Waals surface area contributed by atoms with Gasteiger partial charge in [0.15, 0.2) is 11.5 Å². The molecule has 0 spiro atoms. The molecule has 1 saturated heterocycles. The first kappa shape index (κ1) is 25.3. The van der Waals surface area contributed by atoms with Crippen molar-refractivity contribution in [3.63, 3.8) is 0 Å². The van der Waals surface area contributed by atoms with E-state index in [1.807, 2.05) is 31.2 Å². The minimum atomic E-state index is -0.484. The van der Waals surface area contributed by atoms with Gasteiger partial charge in [-0.2, -0.15) is 0 Å². The van der Waals surface area contributed by atoms with Crippen molar-refractivity contribution >= 4 is 56.5 Å². The Balaban J connectivity index is 1.50. The Kier molecular flexibility index (Phi) is 8.15. The lowest BCUT2D eigenvalue weighted by Crippen LogP contribution is -2.27. The number of imide groups is 1. The van der Waals surface area contributed by atoms with E-state index >= 15 is 0 Å². The minimum absolute atomic E-state index is 0.0336. The van der Waals surface area contributed by atoms with E-state index in [1.165, 1.54) is 12.1 Å². The molecular formula is C26H20BrClFNO4S. The van der Waals surface area contributed by atoms with E-state index in [1.54, 1.807) is 24.3 Å². The van der Waals surface area contributed by atoms with Gasteiger partial charge in [0.1, 0.15) is 12.4 Å². The minimum Gasteiger partial charge on any atom is -0.490 e. The van der Waals surface area contributed by atoms with E-state index in [4.69, 9.17) is 21.1 Å². The second-order valence-corrected chi connectivity index (χ2v) is 9.87. The summed E-state index contributed by atoms with van der Waals surface area (Å²) in [6.45, 7) is 2.65. The first-order valence-electron chi connectivity index (χ1n) is 10.7. The number of hydrogen-bond acceptors (Lipinski definition) is 5. The topological polar surface area (TPSA) is 55.8 Å². The molecule has 0 aliphatic carbocycles. The maximum absolute atomic E-state index is 13.3. The number of benzene rings is 3. The Morgan fingerprint density at radius 3 is 2.51 bits per heavy atom. The fraction of sp³-hybridized carbons (Fsp3) is 0.154. The molecule has 1 aliphatic heterocycles. The van der Waals surface area contributed by atoms with Crippen molar-refractivity contribution in [2.24, 2.45) is 0 Å². The second kappa shape index (κ2) is 11.3. The van der Waals surface area contributed by atoms with Crippen LogP contribution in [-0.2, 0) is 17.9 Å². The summed E-state index contributed by atoms with van der Waals surface area (Å²) in [4.78, 5) is 26.8.